The van der Waals surface area contributed by atoms with E-state index in [1.54, 1.807) is 19.4 Å². The van der Waals surface area contributed by atoms with Gasteiger partial charge in [-0.1, -0.05) is 29.8 Å². The first-order chi connectivity index (χ1) is 15.3. The minimum absolute atomic E-state index is 0.127. The number of allylic oxidation sites excluding steroid dienone is 1. The third-order valence-electron chi connectivity index (χ3n) is 5.45. The quantitative estimate of drug-likeness (QED) is 0.328. The molecule has 3 aromatic rings. The molecule has 170 valence electrons. The number of nitrogens with one attached hydrogen (secondary N) is 1. The Kier molecular flexibility index (Phi) is 7.75. The largest absolute Gasteiger partial charge is 0.496 e. The summed E-state index contributed by atoms with van der Waals surface area (Å²) in [5.41, 5.74) is 6.74. The number of carbonyl (C=O) groups excluding carboxylic acids is 1. The molecule has 1 aromatic heterocycles. The summed E-state index contributed by atoms with van der Waals surface area (Å²) in [5.74, 6) is 0.590. The summed E-state index contributed by atoms with van der Waals surface area (Å²) in [5, 5.41) is 3.93. The van der Waals surface area contributed by atoms with Gasteiger partial charge in [0, 0.05) is 41.3 Å². The Bertz CT molecular complexity index is 1110. The molecule has 0 saturated heterocycles. The summed E-state index contributed by atoms with van der Waals surface area (Å²) in [6.45, 7) is 11.2. The average Bonchev–Trinajstić information content (AvgIpc) is 3.18. The van der Waals surface area contributed by atoms with Crippen LogP contribution >= 0.6 is 0 Å². The van der Waals surface area contributed by atoms with Gasteiger partial charge < -0.3 is 19.2 Å². The highest BCUT2D eigenvalue weighted by molar-refractivity contribution is 6.01. The Morgan fingerprint density at radius 1 is 1.19 bits per heavy atom. The van der Waals surface area contributed by atoms with Crippen LogP contribution < -0.4 is 10.1 Å². The van der Waals surface area contributed by atoms with Crippen LogP contribution in [0.2, 0.25) is 0 Å². The molecular formula is C27H33NO4. The van der Waals surface area contributed by atoms with Gasteiger partial charge in [-0.3, -0.25) is 4.79 Å². The molecule has 1 N–H and O–H groups in total. The molecule has 1 amide bonds. The number of hydrogen-bond acceptors (Lipinski definition) is 4. The first-order valence-electron chi connectivity index (χ1n) is 11.1. The first kappa shape index (κ1) is 23.6. The second kappa shape index (κ2) is 10.5. The molecule has 0 bridgehead atoms. The van der Waals surface area contributed by atoms with Crippen molar-refractivity contribution >= 4 is 22.4 Å². The van der Waals surface area contributed by atoms with Crippen LogP contribution in [0.25, 0.3) is 27.7 Å². The number of amides is 1. The molecule has 2 aromatic carbocycles. The van der Waals surface area contributed by atoms with E-state index in [9.17, 15) is 4.79 Å². The van der Waals surface area contributed by atoms with Gasteiger partial charge in [-0.15, -0.1) is 0 Å². The van der Waals surface area contributed by atoms with Crippen LogP contribution in [-0.4, -0.2) is 32.3 Å². The van der Waals surface area contributed by atoms with Crippen molar-refractivity contribution in [1.29, 1.82) is 0 Å². The molecule has 0 unspecified atom stereocenters. The number of aryl methyl sites for hydroxylation is 2. The summed E-state index contributed by atoms with van der Waals surface area (Å²) in [7, 11) is 1.64. The molecule has 0 spiro atoms. The highest BCUT2D eigenvalue weighted by Gasteiger charge is 2.18. The van der Waals surface area contributed by atoms with Crippen LogP contribution in [0.5, 0.6) is 5.75 Å². The molecule has 1 heterocycles. The van der Waals surface area contributed by atoms with Crippen molar-refractivity contribution < 1.29 is 18.7 Å². The van der Waals surface area contributed by atoms with E-state index < -0.39 is 0 Å². The van der Waals surface area contributed by atoms with E-state index in [4.69, 9.17) is 13.9 Å². The number of ether oxygens (including phenoxy) is 2. The lowest BCUT2D eigenvalue weighted by Gasteiger charge is -2.13. The molecule has 0 aliphatic heterocycles. The van der Waals surface area contributed by atoms with Gasteiger partial charge in [-0.25, -0.2) is 0 Å². The van der Waals surface area contributed by atoms with Crippen LogP contribution in [0.15, 0.2) is 47.1 Å². The molecule has 3 rings (SSSR count). The molecule has 5 heteroatoms. The zero-order valence-electron chi connectivity index (χ0n) is 19.9. The SMILES string of the molecule is COc1c(/C(C)=C/C(=O)NCCCOC(C)C)cc2c(-c3ccc(C)cc3)coc2c1C. The standard InChI is InChI=1S/C27H33NO4/c1-17(2)31-13-7-12-28-25(29)14-19(4)22-15-23-24(21-10-8-18(3)9-11-21)16-32-27(23)20(5)26(22)30-6/h8-11,14-17H,7,12-13H2,1-6H3,(H,28,29)/b19-14+. The third-order valence-corrected chi connectivity index (χ3v) is 5.45. The van der Waals surface area contributed by atoms with Crippen molar-refractivity contribution in [2.45, 2.75) is 47.1 Å². The number of carbonyl (C=O) groups is 1. The van der Waals surface area contributed by atoms with Crippen molar-refractivity contribution in [3.63, 3.8) is 0 Å². The fraction of sp³-hybridized carbons (Fsp3) is 0.370. The molecular weight excluding hydrogens is 402 g/mol. The van der Waals surface area contributed by atoms with Gasteiger partial charge >= 0.3 is 0 Å². The van der Waals surface area contributed by atoms with E-state index in [2.05, 4.69) is 42.6 Å². The minimum Gasteiger partial charge on any atom is -0.496 e. The number of rotatable bonds is 9. The fourth-order valence-corrected chi connectivity index (χ4v) is 3.76. The predicted molar refractivity (Wildman–Crippen MR) is 130 cm³/mol. The van der Waals surface area contributed by atoms with Gasteiger partial charge in [0.25, 0.3) is 0 Å². The lowest BCUT2D eigenvalue weighted by atomic mass is 9.96. The summed E-state index contributed by atoms with van der Waals surface area (Å²) >= 11 is 0. The van der Waals surface area contributed by atoms with Crippen LogP contribution in [0, 0.1) is 13.8 Å². The second-order valence-electron chi connectivity index (χ2n) is 8.37. The molecule has 0 aliphatic rings. The Balaban J connectivity index is 1.89. The Labute approximate surface area is 190 Å². The number of hydrogen-bond donors (Lipinski definition) is 1. The minimum atomic E-state index is -0.127. The van der Waals surface area contributed by atoms with Crippen LogP contribution in [0.4, 0.5) is 0 Å². The normalized spacial score (nSPS) is 11.9. The van der Waals surface area contributed by atoms with Gasteiger partial charge in [0.2, 0.25) is 5.91 Å². The van der Waals surface area contributed by atoms with Crippen molar-refractivity contribution in [1.82, 2.24) is 5.32 Å². The maximum Gasteiger partial charge on any atom is 0.244 e. The smallest absolute Gasteiger partial charge is 0.244 e. The van der Waals surface area contributed by atoms with Gasteiger partial charge in [0.15, 0.2) is 0 Å². The van der Waals surface area contributed by atoms with E-state index in [-0.39, 0.29) is 12.0 Å². The highest BCUT2D eigenvalue weighted by Crippen LogP contribution is 2.40. The van der Waals surface area contributed by atoms with Crippen molar-refractivity contribution in [3.05, 3.63) is 59.4 Å². The molecule has 32 heavy (non-hydrogen) atoms. The highest BCUT2D eigenvalue weighted by atomic mass is 16.5. The van der Waals surface area contributed by atoms with Gasteiger partial charge in [-0.05, 0) is 58.2 Å². The van der Waals surface area contributed by atoms with Gasteiger partial charge in [0.1, 0.15) is 11.3 Å². The van der Waals surface area contributed by atoms with Crippen LogP contribution in [0.3, 0.4) is 0 Å². The second-order valence-corrected chi connectivity index (χ2v) is 8.37. The molecule has 5 nitrogen and oxygen atoms in total. The van der Waals surface area contributed by atoms with E-state index in [1.807, 2.05) is 27.7 Å². The molecule has 0 fully saturated rings. The van der Waals surface area contributed by atoms with Gasteiger partial charge in [0.05, 0.1) is 19.5 Å². The summed E-state index contributed by atoms with van der Waals surface area (Å²) in [6.07, 6.45) is 4.39. The first-order valence-corrected chi connectivity index (χ1v) is 11.1. The molecule has 0 radical (unpaired) electrons. The van der Waals surface area contributed by atoms with E-state index in [1.165, 1.54) is 5.56 Å². The monoisotopic (exact) mass is 435 g/mol. The summed E-state index contributed by atoms with van der Waals surface area (Å²) in [6, 6.07) is 10.4. The number of furan rings is 1. The Hall–Kier alpha value is -3.05. The van der Waals surface area contributed by atoms with Crippen molar-refractivity contribution in [2.24, 2.45) is 0 Å². The van der Waals surface area contributed by atoms with Crippen molar-refractivity contribution in [2.75, 3.05) is 20.3 Å². The fourth-order valence-electron chi connectivity index (χ4n) is 3.76. The van der Waals surface area contributed by atoms with Crippen molar-refractivity contribution in [3.8, 4) is 16.9 Å². The zero-order chi connectivity index (χ0) is 23.3. The number of fused-ring (bicyclic) bond motifs is 1. The van der Waals surface area contributed by atoms with Crippen LogP contribution in [0.1, 0.15) is 43.9 Å². The zero-order valence-corrected chi connectivity index (χ0v) is 19.9. The van der Waals surface area contributed by atoms with E-state index in [0.29, 0.717) is 18.9 Å². The lowest BCUT2D eigenvalue weighted by Crippen LogP contribution is -2.23. The Morgan fingerprint density at radius 2 is 1.91 bits per heavy atom. The summed E-state index contributed by atoms with van der Waals surface area (Å²) < 4.78 is 17.1. The van der Waals surface area contributed by atoms with E-state index in [0.717, 1.165) is 45.2 Å². The topological polar surface area (TPSA) is 60.7 Å². The number of benzene rings is 2. The number of methoxy groups -OCH3 is 1. The maximum absolute atomic E-state index is 12.5. The third kappa shape index (κ3) is 5.40. The average molecular weight is 436 g/mol. The summed E-state index contributed by atoms with van der Waals surface area (Å²) in [4.78, 5) is 12.5. The molecule has 0 aliphatic carbocycles. The Morgan fingerprint density at radius 3 is 2.56 bits per heavy atom. The molecule has 0 atom stereocenters. The molecule has 0 saturated carbocycles. The maximum atomic E-state index is 12.5. The lowest BCUT2D eigenvalue weighted by molar-refractivity contribution is -0.116. The predicted octanol–water partition coefficient (Wildman–Crippen LogP) is 6.06. The van der Waals surface area contributed by atoms with Gasteiger partial charge in [-0.2, -0.15) is 0 Å². The van der Waals surface area contributed by atoms with Crippen LogP contribution in [-0.2, 0) is 9.53 Å². The van der Waals surface area contributed by atoms with E-state index >= 15 is 0 Å².